The van der Waals surface area contributed by atoms with Gasteiger partial charge in [-0.3, -0.25) is 0 Å². The highest BCUT2D eigenvalue weighted by Crippen LogP contribution is 2.89. The van der Waals surface area contributed by atoms with Crippen molar-refractivity contribution < 1.29 is 0 Å². The maximum absolute atomic E-state index is 2.59. The lowest BCUT2D eigenvalue weighted by Gasteiger charge is -2.78. The summed E-state index contributed by atoms with van der Waals surface area (Å²) < 4.78 is 0. The third kappa shape index (κ3) is 4.35. The van der Waals surface area contributed by atoms with Gasteiger partial charge in [-0.05, 0) is 165 Å². The lowest BCUT2D eigenvalue weighted by molar-refractivity contribution is -0.235. The van der Waals surface area contributed by atoms with Crippen LogP contribution in [0.15, 0.2) is 149 Å². The Hall–Kier alpha value is -4.53. The molecule has 6 unspecified atom stereocenters. The van der Waals surface area contributed by atoms with E-state index in [4.69, 9.17) is 0 Å². The van der Waals surface area contributed by atoms with Crippen LogP contribution in [0.5, 0.6) is 0 Å². The number of benzene rings is 6. The lowest BCUT2D eigenvalue weighted by atomic mass is 9.26. The molecule has 6 atom stereocenters. The van der Waals surface area contributed by atoms with Crippen molar-refractivity contribution >= 4 is 28.8 Å². The van der Waals surface area contributed by atoms with Crippen LogP contribution in [0, 0.1) is 29.1 Å². The van der Waals surface area contributed by atoms with Crippen molar-refractivity contribution in [2.45, 2.75) is 92.3 Å². The minimum atomic E-state index is 0.126. The van der Waals surface area contributed by atoms with Gasteiger partial charge in [0, 0.05) is 32.3 Å². The van der Waals surface area contributed by atoms with Crippen LogP contribution >= 0.6 is 11.8 Å². The van der Waals surface area contributed by atoms with Gasteiger partial charge in [0.05, 0.1) is 0 Å². The van der Waals surface area contributed by atoms with E-state index in [1.165, 1.54) is 98.8 Å². The Morgan fingerprint density at radius 3 is 1.84 bits per heavy atom. The molecule has 0 amide bonds. The predicted molar refractivity (Wildman–Crippen MR) is 233 cm³/mol. The van der Waals surface area contributed by atoms with E-state index in [1.807, 2.05) is 11.8 Å². The monoisotopic (exact) mass is 745 g/mol. The second-order valence-corrected chi connectivity index (χ2v) is 20.7. The van der Waals surface area contributed by atoms with Gasteiger partial charge in [-0.1, -0.05) is 137 Å². The maximum Gasteiger partial charge on any atom is 0.0473 e. The Balaban J connectivity index is 1.01. The molecule has 0 N–H and O–H groups in total. The van der Waals surface area contributed by atoms with Crippen molar-refractivity contribution in [1.29, 1.82) is 0 Å². The second-order valence-electron chi connectivity index (χ2n) is 19.6. The Kier molecular flexibility index (Phi) is 6.92. The molecule has 12 rings (SSSR count). The summed E-state index contributed by atoms with van der Waals surface area (Å²) in [6.07, 6.45) is 8.29. The van der Waals surface area contributed by atoms with Crippen LogP contribution in [0.2, 0.25) is 0 Å². The molecule has 5 aliphatic carbocycles. The summed E-state index contributed by atoms with van der Waals surface area (Å²) in [7, 11) is 0. The van der Waals surface area contributed by atoms with Crippen LogP contribution in [-0.4, -0.2) is 0 Å². The highest BCUT2D eigenvalue weighted by atomic mass is 32.2. The third-order valence-electron chi connectivity index (χ3n) is 16.3. The van der Waals surface area contributed by atoms with Crippen LogP contribution < -0.4 is 4.90 Å². The minimum absolute atomic E-state index is 0.126. The summed E-state index contributed by atoms with van der Waals surface area (Å²) in [5.74, 6) is 3.55. The summed E-state index contributed by atoms with van der Waals surface area (Å²) in [6, 6.07) is 53.6. The highest BCUT2D eigenvalue weighted by molar-refractivity contribution is 7.99. The largest absolute Gasteiger partial charge is 0.310 e. The lowest BCUT2D eigenvalue weighted by Crippen LogP contribution is -2.74. The molecule has 4 fully saturated rings. The summed E-state index contributed by atoms with van der Waals surface area (Å²) in [5, 5.41) is 0. The van der Waals surface area contributed by atoms with Crippen LogP contribution in [0.25, 0.3) is 22.3 Å². The summed E-state index contributed by atoms with van der Waals surface area (Å²) in [5.41, 5.74) is 16.1. The van der Waals surface area contributed by atoms with E-state index in [0.717, 1.165) is 23.7 Å². The number of fused-ring (bicyclic) bond motifs is 8. The van der Waals surface area contributed by atoms with E-state index < -0.39 is 0 Å². The van der Waals surface area contributed by atoms with Crippen molar-refractivity contribution in [3.05, 3.63) is 162 Å². The van der Waals surface area contributed by atoms with Gasteiger partial charge in [0.15, 0.2) is 0 Å². The molecule has 2 bridgehead atoms. The third-order valence-corrected chi connectivity index (χ3v) is 17.4. The van der Waals surface area contributed by atoms with E-state index in [2.05, 4.69) is 172 Å². The summed E-state index contributed by atoms with van der Waals surface area (Å²) >= 11 is 2.02. The molecular weight excluding hydrogens is 695 g/mol. The highest BCUT2D eigenvalue weighted by Gasteiger charge is 2.84. The fraction of sp³-hybridized carbons (Fsp3) is 0.333. The zero-order valence-corrected chi connectivity index (χ0v) is 34.0. The normalized spacial score (nSPS) is 29.0. The zero-order valence-electron chi connectivity index (χ0n) is 33.2. The first-order valence-corrected chi connectivity index (χ1v) is 22.1. The van der Waals surface area contributed by atoms with Gasteiger partial charge < -0.3 is 4.90 Å². The van der Waals surface area contributed by atoms with Crippen molar-refractivity contribution in [3.63, 3.8) is 0 Å². The topological polar surface area (TPSA) is 3.24 Å². The van der Waals surface area contributed by atoms with Crippen molar-refractivity contribution in [2.75, 3.05) is 4.90 Å². The fourth-order valence-electron chi connectivity index (χ4n) is 13.8. The predicted octanol–water partition coefficient (Wildman–Crippen LogP) is 14.7. The molecule has 1 heterocycles. The first-order valence-electron chi connectivity index (χ1n) is 21.3. The molecule has 1 nitrogen and oxygen atoms in total. The van der Waals surface area contributed by atoms with Gasteiger partial charge in [0.1, 0.15) is 0 Å². The average molecular weight is 746 g/mol. The first kappa shape index (κ1) is 33.6. The van der Waals surface area contributed by atoms with Gasteiger partial charge in [-0.25, -0.2) is 0 Å². The Morgan fingerprint density at radius 2 is 1.09 bits per heavy atom. The molecule has 2 heteroatoms. The smallest absolute Gasteiger partial charge is 0.0473 e. The van der Waals surface area contributed by atoms with Crippen LogP contribution in [0.1, 0.15) is 88.5 Å². The molecule has 4 saturated carbocycles. The Labute approximate surface area is 337 Å². The molecule has 1 aliphatic heterocycles. The molecule has 2 spiro atoms. The van der Waals surface area contributed by atoms with Crippen LogP contribution in [0.4, 0.5) is 17.1 Å². The van der Waals surface area contributed by atoms with Gasteiger partial charge in [-0.2, -0.15) is 0 Å². The van der Waals surface area contributed by atoms with Gasteiger partial charge in [-0.15, -0.1) is 0 Å². The molecule has 56 heavy (non-hydrogen) atoms. The molecule has 0 radical (unpaired) electrons. The summed E-state index contributed by atoms with van der Waals surface area (Å²) in [6.45, 7) is 9.77. The van der Waals surface area contributed by atoms with E-state index in [-0.39, 0.29) is 16.2 Å². The standard InChI is InChI=1S/C54H51NS/c1-51(2)26-27-52(3,4)46-31-39(22-24-43(46)51)55(38-20-18-36(19-21-38)42-15-9-8-14-41(42)35-12-6-5-7-13-35)40-23-25-45-48(32-40)56-47-17-11-10-16-44(47)54(45)49-29-34-28-37-30-50(54)53(37,49)33-34/h5-25,31-32,34,37,49-50H,26-30,33H2,1-4H3. The molecule has 6 aromatic rings. The number of hydrogen-bond donors (Lipinski definition) is 0. The quantitative estimate of drug-likeness (QED) is 0.173. The van der Waals surface area contributed by atoms with E-state index in [9.17, 15) is 0 Å². The van der Waals surface area contributed by atoms with Crippen molar-refractivity contribution in [1.82, 2.24) is 0 Å². The number of nitrogens with zero attached hydrogens (tertiary/aromatic N) is 1. The van der Waals surface area contributed by atoms with Gasteiger partial charge in [0.25, 0.3) is 0 Å². The van der Waals surface area contributed by atoms with Crippen molar-refractivity contribution in [2.24, 2.45) is 29.1 Å². The Morgan fingerprint density at radius 1 is 0.500 bits per heavy atom. The zero-order chi connectivity index (χ0) is 37.6. The van der Waals surface area contributed by atoms with Gasteiger partial charge >= 0.3 is 0 Å². The fourth-order valence-corrected chi connectivity index (χ4v) is 15.0. The van der Waals surface area contributed by atoms with E-state index in [0.29, 0.717) is 5.41 Å². The van der Waals surface area contributed by atoms with Crippen LogP contribution in [-0.2, 0) is 16.2 Å². The number of anilines is 3. The molecule has 0 aromatic heterocycles. The minimum Gasteiger partial charge on any atom is -0.310 e. The SMILES string of the molecule is CC1(C)CCC(C)(C)c2cc(N(c3ccc(-c4ccccc4-c4ccccc4)cc3)c3ccc4c(c3)Sc3ccccc3C43C4CC5CC6CC3C64C5)ccc21. The van der Waals surface area contributed by atoms with E-state index in [1.54, 1.807) is 11.1 Å². The maximum atomic E-state index is 2.59. The molecular formula is C54H51NS. The first-order chi connectivity index (χ1) is 27.2. The summed E-state index contributed by atoms with van der Waals surface area (Å²) in [4.78, 5) is 5.52. The second kappa shape index (κ2) is 11.5. The number of rotatable bonds is 5. The molecule has 6 aliphatic rings. The molecule has 278 valence electrons. The van der Waals surface area contributed by atoms with Gasteiger partial charge in [0.2, 0.25) is 0 Å². The van der Waals surface area contributed by atoms with Crippen molar-refractivity contribution in [3.8, 4) is 22.3 Å². The molecule has 0 saturated heterocycles. The van der Waals surface area contributed by atoms with E-state index >= 15 is 0 Å². The van der Waals surface area contributed by atoms with Crippen LogP contribution in [0.3, 0.4) is 0 Å². The molecule has 6 aromatic carbocycles. The number of hydrogen-bond acceptors (Lipinski definition) is 2. The average Bonchev–Trinajstić information content (AvgIpc) is 3.76. The Bertz CT molecular complexity index is 2560.